The van der Waals surface area contributed by atoms with Gasteiger partial charge in [0.15, 0.2) is 11.5 Å². The van der Waals surface area contributed by atoms with Crippen molar-refractivity contribution in [2.75, 3.05) is 18.5 Å². The lowest BCUT2D eigenvalue weighted by atomic mass is 10.0. The van der Waals surface area contributed by atoms with E-state index in [1.165, 1.54) is 0 Å². The van der Waals surface area contributed by atoms with Crippen LogP contribution in [0, 0.1) is 11.3 Å². The average molecular weight is 425 g/mol. The lowest BCUT2D eigenvalue weighted by Gasteiger charge is -2.19. The minimum absolute atomic E-state index is 0.00189. The lowest BCUT2D eigenvalue weighted by molar-refractivity contribution is 0.171. The molecule has 0 spiro atoms. The Morgan fingerprint density at radius 1 is 1.16 bits per heavy atom. The first kappa shape index (κ1) is 21.1. The smallest absolute Gasteiger partial charge is 0.161 e. The number of nitrogens with zero attached hydrogens (tertiary/aromatic N) is 3. The van der Waals surface area contributed by atoms with E-state index in [1.54, 1.807) is 12.4 Å². The lowest BCUT2D eigenvalue weighted by Crippen LogP contribution is -2.15. The number of nitriles is 1. The van der Waals surface area contributed by atoms with E-state index >= 15 is 0 Å². The number of benzene rings is 2. The number of rotatable bonds is 7. The Labute approximate surface area is 187 Å². The average Bonchev–Trinajstić information content (AvgIpc) is 2.82. The van der Waals surface area contributed by atoms with Crippen molar-refractivity contribution in [3.05, 3.63) is 79.2 Å². The maximum absolute atomic E-state index is 8.96. The highest BCUT2D eigenvalue weighted by molar-refractivity contribution is 5.92. The SMILES string of the molecule is C=C/C=C(\C=C/C(C)Nc1ncnc2ccc(-c3ccc4c(c3)OCCO4)cc12)CC#N. The molecule has 0 radical (unpaired) electrons. The highest BCUT2D eigenvalue weighted by Gasteiger charge is 2.13. The number of nitrogens with one attached hydrogen (secondary N) is 1. The number of hydrogen-bond donors (Lipinski definition) is 1. The van der Waals surface area contributed by atoms with Gasteiger partial charge in [0.05, 0.1) is 18.0 Å². The minimum atomic E-state index is -0.00189. The molecule has 0 bridgehead atoms. The van der Waals surface area contributed by atoms with E-state index in [-0.39, 0.29) is 6.04 Å². The molecule has 6 heteroatoms. The molecule has 0 fully saturated rings. The van der Waals surface area contributed by atoms with Gasteiger partial charge in [0.2, 0.25) is 0 Å². The van der Waals surface area contributed by atoms with Crippen molar-refractivity contribution in [1.29, 1.82) is 5.26 Å². The Hall–Kier alpha value is -4.11. The summed E-state index contributed by atoms with van der Waals surface area (Å²) in [6.45, 7) is 6.86. The first-order valence-electron chi connectivity index (χ1n) is 10.5. The second kappa shape index (κ2) is 9.80. The number of hydrogen-bond acceptors (Lipinski definition) is 6. The van der Waals surface area contributed by atoms with Crippen molar-refractivity contribution in [2.24, 2.45) is 0 Å². The third-order valence-corrected chi connectivity index (χ3v) is 5.09. The van der Waals surface area contributed by atoms with Gasteiger partial charge in [-0.25, -0.2) is 9.97 Å². The number of ether oxygens (including phenoxy) is 2. The molecule has 0 amide bonds. The molecule has 1 unspecified atom stereocenters. The van der Waals surface area contributed by atoms with Gasteiger partial charge in [-0.2, -0.15) is 5.26 Å². The summed E-state index contributed by atoms with van der Waals surface area (Å²) in [5.74, 6) is 2.28. The number of fused-ring (bicyclic) bond motifs is 2. The number of anilines is 1. The summed E-state index contributed by atoms with van der Waals surface area (Å²) in [5.41, 5.74) is 3.84. The van der Waals surface area contributed by atoms with Crippen LogP contribution in [0.4, 0.5) is 5.82 Å². The predicted octanol–water partition coefficient (Wildman–Crippen LogP) is 5.45. The van der Waals surface area contributed by atoms with Crippen LogP contribution in [0.2, 0.25) is 0 Å². The van der Waals surface area contributed by atoms with Crippen LogP contribution in [-0.2, 0) is 0 Å². The number of aromatic nitrogens is 2. The summed E-state index contributed by atoms with van der Waals surface area (Å²) in [4.78, 5) is 8.87. The monoisotopic (exact) mass is 424 g/mol. The van der Waals surface area contributed by atoms with Crippen molar-refractivity contribution in [3.8, 4) is 28.7 Å². The summed E-state index contributed by atoms with van der Waals surface area (Å²) < 4.78 is 11.4. The Morgan fingerprint density at radius 2 is 1.94 bits per heavy atom. The van der Waals surface area contributed by atoms with Gasteiger partial charge in [0.25, 0.3) is 0 Å². The molecule has 0 aliphatic carbocycles. The normalized spacial score (nSPS) is 14.2. The largest absolute Gasteiger partial charge is 0.486 e. The molecule has 1 aliphatic heterocycles. The molecular weight excluding hydrogens is 400 g/mol. The van der Waals surface area contributed by atoms with Gasteiger partial charge in [-0.3, -0.25) is 0 Å². The van der Waals surface area contributed by atoms with Crippen molar-refractivity contribution >= 4 is 16.7 Å². The number of allylic oxidation sites excluding steroid dienone is 4. The topological polar surface area (TPSA) is 80.1 Å². The molecule has 1 aromatic heterocycles. The Bertz CT molecular complexity index is 1240. The zero-order valence-corrected chi connectivity index (χ0v) is 17.9. The van der Waals surface area contributed by atoms with Gasteiger partial charge < -0.3 is 14.8 Å². The van der Waals surface area contributed by atoms with E-state index in [4.69, 9.17) is 14.7 Å². The predicted molar refractivity (Wildman–Crippen MR) is 127 cm³/mol. The molecule has 160 valence electrons. The van der Waals surface area contributed by atoms with E-state index in [1.807, 2.05) is 55.5 Å². The molecule has 0 saturated carbocycles. The van der Waals surface area contributed by atoms with E-state index in [2.05, 4.69) is 34.0 Å². The van der Waals surface area contributed by atoms with Crippen LogP contribution >= 0.6 is 0 Å². The third kappa shape index (κ3) is 4.79. The molecule has 6 nitrogen and oxygen atoms in total. The van der Waals surface area contributed by atoms with Crippen LogP contribution in [0.5, 0.6) is 11.5 Å². The fourth-order valence-corrected chi connectivity index (χ4v) is 3.52. The van der Waals surface area contributed by atoms with Crippen LogP contribution in [-0.4, -0.2) is 29.2 Å². The Kier molecular flexibility index (Phi) is 6.47. The molecule has 32 heavy (non-hydrogen) atoms. The highest BCUT2D eigenvalue weighted by atomic mass is 16.6. The minimum Gasteiger partial charge on any atom is -0.486 e. The van der Waals surface area contributed by atoms with Gasteiger partial charge in [-0.05, 0) is 47.9 Å². The quantitative estimate of drug-likeness (QED) is 0.508. The first-order chi connectivity index (χ1) is 15.7. The van der Waals surface area contributed by atoms with Gasteiger partial charge in [0, 0.05) is 11.4 Å². The van der Waals surface area contributed by atoms with Crippen LogP contribution in [0.25, 0.3) is 22.0 Å². The summed E-state index contributed by atoms with van der Waals surface area (Å²) >= 11 is 0. The maximum atomic E-state index is 8.96. The van der Waals surface area contributed by atoms with Crippen LogP contribution in [0.15, 0.2) is 79.2 Å². The van der Waals surface area contributed by atoms with Crippen molar-refractivity contribution in [2.45, 2.75) is 19.4 Å². The van der Waals surface area contributed by atoms with Crippen LogP contribution in [0.1, 0.15) is 13.3 Å². The van der Waals surface area contributed by atoms with Crippen LogP contribution in [0.3, 0.4) is 0 Å². The highest BCUT2D eigenvalue weighted by Crippen LogP contribution is 2.35. The zero-order valence-electron chi connectivity index (χ0n) is 17.9. The van der Waals surface area contributed by atoms with Crippen molar-refractivity contribution < 1.29 is 9.47 Å². The molecule has 4 rings (SSSR count). The summed E-state index contributed by atoms with van der Waals surface area (Å²) in [7, 11) is 0. The molecule has 2 aromatic carbocycles. The Morgan fingerprint density at radius 3 is 2.75 bits per heavy atom. The molecule has 2 heterocycles. The molecule has 3 aromatic rings. The molecular formula is C26H24N4O2. The van der Waals surface area contributed by atoms with Crippen LogP contribution < -0.4 is 14.8 Å². The van der Waals surface area contributed by atoms with E-state index in [0.717, 1.165) is 44.9 Å². The molecule has 1 N–H and O–H groups in total. The fraction of sp³-hybridized carbons (Fsp3) is 0.192. The fourth-order valence-electron chi connectivity index (χ4n) is 3.52. The zero-order chi connectivity index (χ0) is 22.3. The molecule has 1 aliphatic rings. The van der Waals surface area contributed by atoms with E-state index in [0.29, 0.717) is 19.6 Å². The van der Waals surface area contributed by atoms with Gasteiger partial charge >= 0.3 is 0 Å². The van der Waals surface area contributed by atoms with Gasteiger partial charge in [0.1, 0.15) is 25.4 Å². The van der Waals surface area contributed by atoms with Crippen molar-refractivity contribution in [1.82, 2.24) is 9.97 Å². The van der Waals surface area contributed by atoms with E-state index < -0.39 is 0 Å². The second-order valence-corrected chi connectivity index (χ2v) is 7.42. The van der Waals surface area contributed by atoms with E-state index in [9.17, 15) is 0 Å². The summed E-state index contributed by atoms with van der Waals surface area (Å²) in [5, 5.41) is 13.3. The van der Waals surface area contributed by atoms with Crippen molar-refractivity contribution in [3.63, 3.8) is 0 Å². The molecule has 0 saturated heterocycles. The standard InChI is InChI=1S/C26H24N4O2/c1-3-4-19(11-12-27)6-5-18(2)30-26-22-15-20(7-9-23(22)28-17-29-26)21-8-10-24-25(16-21)32-14-13-31-24/h3-10,15-18H,1,11,13-14H2,2H3,(H,28,29,30)/b6-5-,19-4+. The van der Waals surface area contributed by atoms with Gasteiger partial charge in [-0.1, -0.05) is 43.0 Å². The second-order valence-electron chi connectivity index (χ2n) is 7.42. The first-order valence-corrected chi connectivity index (χ1v) is 10.5. The maximum Gasteiger partial charge on any atom is 0.161 e. The Balaban J connectivity index is 1.61. The summed E-state index contributed by atoms with van der Waals surface area (Å²) in [6.07, 6.45) is 9.37. The van der Waals surface area contributed by atoms with Gasteiger partial charge in [-0.15, -0.1) is 0 Å². The summed E-state index contributed by atoms with van der Waals surface area (Å²) in [6, 6.07) is 14.3. The third-order valence-electron chi connectivity index (χ3n) is 5.09. The molecule has 1 atom stereocenters.